The molecule has 1 saturated heterocycles. The molecule has 2 heterocycles. The zero-order chi connectivity index (χ0) is 13.4. The van der Waals surface area contributed by atoms with Crippen LogP contribution in [-0.4, -0.2) is 17.2 Å². The van der Waals surface area contributed by atoms with Crippen LogP contribution in [0.1, 0.15) is 42.1 Å². The summed E-state index contributed by atoms with van der Waals surface area (Å²) in [6.45, 7) is 2.46. The molecule has 1 aromatic heterocycles. The summed E-state index contributed by atoms with van der Waals surface area (Å²) in [7, 11) is 0. The van der Waals surface area contributed by atoms with Crippen LogP contribution in [0.3, 0.4) is 0 Å². The standard InChI is InChI=1S/C11H15F3N2OS/c1-10(4-2-3-5-17-10)8(15)7-6-16-9(18-7)11(12,13)14/h6,8H,2-5,15H2,1H3. The number of halogens is 3. The van der Waals surface area contributed by atoms with E-state index in [0.717, 1.165) is 19.3 Å². The van der Waals surface area contributed by atoms with Crippen LogP contribution in [0.15, 0.2) is 6.20 Å². The summed E-state index contributed by atoms with van der Waals surface area (Å²) in [4.78, 5) is 3.82. The number of hydrogen-bond donors (Lipinski definition) is 1. The molecule has 0 bridgehead atoms. The number of aromatic nitrogens is 1. The Morgan fingerprint density at radius 3 is 2.72 bits per heavy atom. The van der Waals surface area contributed by atoms with Crippen molar-refractivity contribution in [2.75, 3.05) is 6.61 Å². The van der Waals surface area contributed by atoms with Crippen LogP contribution < -0.4 is 5.73 Å². The van der Waals surface area contributed by atoms with Gasteiger partial charge in [-0.15, -0.1) is 11.3 Å². The van der Waals surface area contributed by atoms with E-state index in [9.17, 15) is 13.2 Å². The van der Waals surface area contributed by atoms with E-state index >= 15 is 0 Å². The molecule has 1 aliphatic heterocycles. The quantitative estimate of drug-likeness (QED) is 0.905. The van der Waals surface area contributed by atoms with Crippen molar-refractivity contribution in [2.45, 2.75) is 44.0 Å². The third-order valence-corrected chi connectivity index (χ3v) is 4.36. The van der Waals surface area contributed by atoms with Crippen LogP contribution >= 0.6 is 11.3 Å². The Bertz CT molecular complexity index is 413. The fourth-order valence-electron chi connectivity index (χ4n) is 2.06. The Balaban J connectivity index is 2.18. The predicted octanol–water partition coefficient (Wildman–Crippen LogP) is 3.12. The van der Waals surface area contributed by atoms with Crippen molar-refractivity contribution >= 4 is 11.3 Å². The average Bonchev–Trinajstić information content (AvgIpc) is 2.77. The number of alkyl halides is 3. The lowest BCUT2D eigenvalue weighted by Crippen LogP contribution is -2.43. The van der Waals surface area contributed by atoms with Crippen LogP contribution in [0.5, 0.6) is 0 Å². The van der Waals surface area contributed by atoms with Crippen LogP contribution in [0.25, 0.3) is 0 Å². The van der Waals surface area contributed by atoms with Crippen molar-refractivity contribution in [1.29, 1.82) is 0 Å². The second kappa shape index (κ2) is 4.79. The molecule has 2 unspecified atom stereocenters. The first-order valence-electron chi connectivity index (χ1n) is 5.75. The number of thiazole rings is 1. The lowest BCUT2D eigenvalue weighted by Gasteiger charge is -2.38. The lowest BCUT2D eigenvalue weighted by molar-refractivity contribution is -0.137. The second-order valence-corrected chi connectivity index (χ2v) is 5.72. The highest BCUT2D eigenvalue weighted by molar-refractivity contribution is 7.11. The number of rotatable bonds is 2. The highest BCUT2D eigenvalue weighted by atomic mass is 32.1. The van der Waals surface area contributed by atoms with Crippen molar-refractivity contribution in [1.82, 2.24) is 4.98 Å². The van der Waals surface area contributed by atoms with Crippen molar-refractivity contribution in [2.24, 2.45) is 5.73 Å². The van der Waals surface area contributed by atoms with Gasteiger partial charge in [-0.1, -0.05) is 0 Å². The van der Waals surface area contributed by atoms with Gasteiger partial charge in [-0.05, 0) is 26.2 Å². The van der Waals surface area contributed by atoms with Crippen LogP contribution in [-0.2, 0) is 10.9 Å². The van der Waals surface area contributed by atoms with Gasteiger partial charge in [-0.25, -0.2) is 4.98 Å². The van der Waals surface area contributed by atoms with E-state index in [1.807, 2.05) is 6.92 Å². The van der Waals surface area contributed by atoms with Gasteiger partial charge in [-0.2, -0.15) is 13.2 Å². The van der Waals surface area contributed by atoms with Gasteiger partial charge in [0.15, 0.2) is 5.01 Å². The molecular weight excluding hydrogens is 265 g/mol. The zero-order valence-electron chi connectivity index (χ0n) is 9.96. The number of nitrogens with zero attached hydrogens (tertiary/aromatic N) is 1. The smallest absolute Gasteiger partial charge is 0.373 e. The summed E-state index contributed by atoms with van der Waals surface area (Å²) in [6.07, 6.45) is -0.486. The molecule has 2 atom stereocenters. The molecular formula is C11H15F3N2OS. The molecule has 0 amide bonds. The normalized spacial score (nSPS) is 27.2. The third kappa shape index (κ3) is 2.67. The first kappa shape index (κ1) is 13.8. The SMILES string of the molecule is CC1(C(N)c2cnc(C(F)(F)F)s2)CCCCO1. The number of hydrogen-bond acceptors (Lipinski definition) is 4. The summed E-state index contributed by atoms with van der Waals surface area (Å²) in [5.41, 5.74) is 5.45. The van der Waals surface area contributed by atoms with Crippen molar-refractivity contribution < 1.29 is 17.9 Å². The minimum Gasteiger partial charge on any atom is -0.373 e. The van der Waals surface area contributed by atoms with Gasteiger partial charge in [0.05, 0.1) is 11.6 Å². The molecule has 1 fully saturated rings. The maximum Gasteiger partial charge on any atom is 0.443 e. The molecule has 1 aromatic rings. The molecule has 0 spiro atoms. The van der Waals surface area contributed by atoms with E-state index in [-0.39, 0.29) is 0 Å². The van der Waals surface area contributed by atoms with Crippen LogP contribution in [0.2, 0.25) is 0 Å². The number of ether oxygens (including phenoxy) is 1. The Labute approximate surface area is 107 Å². The van der Waals surface area contributed by atoms with E-state index in [4.69, 9.17) is 10.5 Å². The molecule has 0 aromatic carbocycles. The molecule has 18 heavy (non-hydrogen) atoms. The van der Waals surface area contributed by atoms with Crippen molar-refractivity contribution in [3.63, 3.8) is 0 Å². The maximum atomic E-state index is 12.5. The fourth-order valence-corrected chi connectivity index (χ4v) is 2.99. The summed E-state index contributed by atoms with van der Waals surface area (Å²) in [6, 6.07) is -0.564. The molecule has 7 heteroatoms. The Hall–Kier alpha value is -0.660. The third-order valence-electron chi connectivity index (χ3n) is 3.23. The highest BCUT2D eigenvalue weighted by Gasteiger charge is 2.39. The van der Waals surface area contributed by atoms with E-state index in [2.05, 4.69) is 4.98 Å². The van der Waals surface area contributed by atoms with Gasteiger partial charge in [0.25, 0.3) is 0 Å². The first-order chi connectivity index (χ1) is 8.33. The minimum absolute atomic E-state index is 0.423. The first-order valence-corrected chi connectivity index (χ1v) is 6.57. The van der Waals surface area contributed by atoms with Crippen LogP contribution in [0, 0.1) is 0 Å². The van der Waals surface area contributed by atoms with E-state index in [0.29, 0.717) is 22.8 Å². The lowest BCUT2D eigenvalue weighted by atomic mass is 9.88. The zero-order valence-corrected chi connectivity index (χ0v) is 10.8. The maximum absolute atomic E-state index is 12.5. The minimum atomic E-state index is -4.41. The number of nitrogens with two attached hydrogens (primary N) is 1. The van der Waals surface area contributed by atoms with Crippen molar-refractivity contribution in [3.05, 3.63) is 16.1 Å². The van der Waals surface area contributed by atoms with Gasteiger partial charge in [0.1, 0.15) is 0 Å². The molecule has 2 rings (SSSR count). The Morgan fingerprint density at radius 2 is 2.22 bits per heavy atom. The topological polar surface area (TPSA) is 48.1 Å². The van der Waals surface area contributed by atoms with Gasteiger partial charge >= 0.3 is 6.18 Å². The predicted molar refractivity (Wildman–Crippen MR) is 62.3 cm³/mol. The van der Waals surface area contributed by atoms with E-state index in [1.165, 1.54) is 6.20 Å². The molecule has 0 radical (unpaired) electrons. The second-order valence-electron chi connectivity index (χ2n) is 4.66. The van der Waals surface area contributed by atoms with Gasteiger partial charge in [-0.3, -0.25) is 0 Å². The summed E-state index contributed by atoms with van der Waals surface area (Å²) in [5.74, 6) is 0. The molecule has 0 saturated carbocycles. The molecule has 102 valence electrons. The van der Waals surface area contributed by atoms with E-state index in [1.54, 1.807) is 0 Å². The largest absolute Gasteiger partial charge is 0.443 e. The Kier molecular flexibility index (Phi) is 3.66. The van der Waals surface area contributed by atoms with Gasteiger partial charge in [0.2, 0.25) is 0 Å². The summed E-state index contributed by atoms with van der Waals surface area (Å²) < 4.78 is 43.1. The van der Waals surface area contributed by atoms with E-state index < -0.39 is 22.8 Å². The fraction of sp³-hybridized carbons (Fsp3) is 0.727. The molecule has 1 aliphatic rings. The van der Waals surface area contributed by atoms with Gasteiger partial charge in [0, 0.05) is 17.7 Å². The molecule has 0 aliphatic carbocycles. The summed E-state index contributed by atoms with van der Waals surface area (Å²) in [5, 5.41) is -0.854. The Morgan fingerprint density at radius 1 is 1.50 bits per heavy atom. The summed E-state index contributed by atoms with van der Waals surface area (Å²) >= 11 is 0.599. The molecule has 3 nitrogen and oxygen atoms in total. The van der Waals surface area contributed by atoms with Crippen molar-refractivity contribution in [3.8, 4) is 0 Å². The monoisotopic (exact) mass is 280 g/mol. The highest BCUT2D eigenvalue weighted by Crippen LogP contribution is 2.39. The van der Waals surface area contributed by atoms with Gasteiger partial charge < -0.3 is 10.5 Å². The average molecular weight is 280 g/mol. The van der Waals surface area contributed by atoms with Crippen LogP contribution in [0.4, 0.5) is 13.2 Å². The molecule has 2 N–H and O–H groups in total.